The number of halogens is 1. The first kappa shape index (κ1) is 18.1. The summed E-state index contributed by atoms with van der Waals surface area (Å²) in [5.41, 5.74) is 0.689. The van der Waals surface area contributed by atoms with E-state index in [1.54, 1.807) is 17.0 Å². The van der Waals surface area contributed by atoms with Crippen LogP contribution >= 0.6 is 23.4 Å². The fourth-order valence-corrected chi connectivity index (χ4v) is 3.63. The number of carbonyl (C=O) groups is 2. The van der Waals surface area contributed by atoms with Gasteiger partial charge in [0, 0.05) is 29.4 Å². The van der Waals surface area contributed by atoms with Crippen molar-refractivity contribution >= 4 is 40.9 Å². The minimum atomic E-state index is -0.459. The Morgan fingerprint density at radius 1 is 1.43 bits per heavy atom. The number of aliphatic hydroxyl groups excluding tert-OH is 1. The normalized spacial score (nSPS) is 16.7. The highest BCUT2D eigenvalue weighted by atomic mass is 35.5. The lowest BCUT2D eigenvalue weighted by Crippen LogP contribution is -2.39. The number of hydrogen-bond donors (Lipinski definition) is 2. The summed E-state index contributed by atoms with van der Waals surface area (Å²) in [6.45, 7) is 2.90. The van der Waals surface area contributed by atoms with Crippen molar-refractivity contribution in [2.24, 2.45) is 0 Å². The van der Waals surface area contributed by atoms with Crippen LogP contribution in [0.5, 0.6) is 0 Å². The average Bonchev–Trinajstić information content (AvgIpc) is 2.52. The van der Waals surface area contributed by atoms with Crippen LogP contribution in [0.2, 0.25) is 5.02 Å². The number of aliphatic hydroxyl groups is 1. The first-order chi connectivity index (χ1) is 11.0. The van der Waals surface area contributed by atoms with Crippen molar-refractivity contribution in [3.05, 3.63) is 23.2 Å². The highest BCUT2D eigenvalue weighted by Crippen LogP contribution is 2.38. The molecule has 0 bridgehead atoms. The number of unbranched alkanes of at least 4 members (excludes halogenated alkanes) is 1. The van der Waals surface area contributed by atoms with Gasteiger partial charge < -0.3 is 15.3 Å². The lowest BCUT2D eigenvalue weighted by molar-refractivity contribution is -0.133. The number of nitrogens with one attached hydrogen (secondary N) is 1. The number of fused-ring (bicyclic) bond motifs is 1. The zero-order chi connectivity index (χ0) is 16.8. The summed E-state index contributed by atoms with van der Waals surface area (Å²) in [5.74, 6) is -0.282. The molecular weight excluding hydrogens is 336 g/mol. The third-order valence-electron chi connectivity index (χ3n) is 3.63. The molecule has 1 aliphatic rings. The van der Waals surface area contributed by atoms with Gasteiger partial charge in [-0.15, -0.1) is 11.8 Å². The molecule has 1 aliphatic heterocycles. The molecule has 1 aromatic carbocycles. The molecule has 1 atom stereocenters. The fraction of sp³-hybridized carbons (Fsp3) is 0.500. The summed E-state index contributed by atoms with van der Waals surface area (Å²) in [5, 5.41) is 12.0. The molecule has 0 spiro atoms. The van der Waals surface area contributed by atoms with Crippen molar-refractivity contribution in [3.63, 3.8) is 0 Å². The number of carbonyl (C=O) groups excluding carboxylic acids is 2. The second kappa shape index (κ2) is 8.57. The second-order valence-corrected chi connectivity index (χ2v) is 7.08. The van der Waals surface area contributed by atoms with E-state index in [1.165, 1.54) is 11.8 Å². The number of thioether (sulfide) groups is 1. The lowest BCUT2D eigenvalue weighted by Gasteiger charge is -2.27. The standard InChI is InChI=1S/C16H21ClN2O3S/c1-2-3-6-19(7-8-20)15(21)10-14-16(22)18-12-9-11(17)4-5-13(12)23-14/h4-5,9,14,20H,2-3,6-8,10H2,1H3,(H,18,22). The van der Waals surface area contributed by atoms with Gasteiger partial charge in [-0.3, -0.25) is 9.59 Å². The predicted octanol–water partition coefficient (Wildman–Crippen LogP) is 2.76. The Morgan fingerprint density at radius 3 is 2.91 bits per heavy atom. The molecule has 0 aliphatic carbocycles. The molecule has 1 aromatic rings. The van der Waals surface area contributed by atoms with Gasteiger partial charge in [-0.25, -0.2) is 0 Å². The maximum Gasteiger partial charge on any atom is 0.238 e. The van der Waals surface area contributed by atoms with E-state index in [1.807, 2.05) is 13.0 Å². The van der Waals surface area contributed by atoms with Crippen LogP contribution in [-0.2, 0) is 9.59 Å². The van der Waals surface area contributed by atoms with E-state index in [4.69, 9.17) is 16.7 Å². The zero-order valence-corrected chi connectivity index (χ0v) is 14.6. The number of nitrogens with zero attached hydrogens (tertiary/aromatic N) is 1. The van der Waals surface area contributed by atoms with Crippen LogP contribution in [0.4, 0.5) is 5.69 Å². The van der Waals surface area contributed by atoms with E-state index in [-0.39, 0.29) is 24.8 Å². The van der Waals surface area contributed by atoms with E-state index in [0.29, 0.717) is 23.8 Å². The SMILES string of the molecule is CCCCN(CCO)C(=O)CC1Sc2ccc(Cl)cc2NC1=O. The van der Waals surface area contributed by atoms with Crippen LogP contribution in [-0.4, -0.2) is 46.8 Å². The molecule has 5 nitrogen and oxygen atoms in total. The highest BCUT2D eigenvalue weighted by Gasteiger charge is 2.30. The molecule has 126 valence electrons. The Kier molecular flexibility index (Phi) is 6.74. The van der Waals surface area contributed by atoms with Gasteiger partial charge in [0.15, 0.2) is 0 Å². The van der Waals surface area contributed by atoms with Crippen molar-refractivity contribution in [2.45, 2.75) is 36.3 Å². The van der Waals surface area contributed by atoms with Gasteiger partial charge in [-0.05, 0) is 24.6 Å². The first-order valence-electron chi connectivity index (χ1n) is 7.70. The minimum absolute atomic E-state index is 0.0687. The molecule has 0 saturated carbocycles. The van der Waals surface area contributed by atoms with Crippen LogP contribution in [0.1, 0.15) is 26.2 Å². The summed E-state index contributed by atoms with van der Waals surface area (Å²) in [6.07, 6.45) is 1.99. The molecule has 0 aromatic heterocycles. The van der Waals surface area contributed by atoms with Crippen molar-refractivity contribution < 1.29 is 14.7 Å². The van der Waals surface area contributed by atoms with Crippen molar-refractivity contribution in [3.8, 4) is 0 Å². The van der Waals surface area contributed by atoms with Crippen molar-refractivity contribution in [2.75, 3.05) is 25.0 Å². The fourth-order valence-electron chi connectivity index (χ4n) is 2.38. The Hall–Kier alpha value is -1.24. The average molecular weight is 357 g/mol. The molecule has 0 fully saturated rings. The van der Waals surface area contributed by atoms with Crippen LogP contribution in [0.3, 0.4) is 0 Å². The quantitative estimate of drug-likeness (QED) is 0.788. The van der Waals surface area contributed by atoms with Crippen molar-refractivity contribution in [1.82, 2.24) is 4.90 Å². The molecule has 1 unspecified atom stereocenters. The van der Waals surface area contributed by atoms with E-state index in [9.17, 15) is 9.59 Å². The molecule has 1 heterocycles. The number of anilines is 1. The third-order valence-corrected chi connectivity index (χ3v) is 5.14. The summed E-state index contributed by atoms with van der Waals surface area (Å²) >= 11 is 7.31. The molecular formula is C16H21ClN2O3S. The Bertz CT molecular complexity index is 582. The van der Waals surface area contributed by atoms with E-state index < -0.39 is 5.25 Å². The Labute approximate surface area is 145 Å². The maximum atomic E-state index is 12.4. The molecule has 0 radical (unpaired) electrons. The number of hydrogen-bond acceptors (Lipinski definition) is 4. The smallest absolute Gasteiger partial charge is 0.238 e. The van der Waals surface area contributed by atoms with Crippen LogP contribution in [0.15, 0.2) is 23.1 Å². The molecule has 0 saturated heterocycles. The lowest BCUT2D eigenvalue weighted by atomic mass is 10.2. The third kappa shape index (κ3) is 4.86. The van der Waals surface area contributed by atoms with Crippen LogP contribution in [0, 0.1) is 0 Å². The summed E-state index contributed by atoms with van der Waals surface area (Å²) in [7, 11) is 0. The van der Waals surface area contributed by atoms with E-state index >= 15 is 0 Å². The summed E-state index contributed by atoms with van der Waals surface area (Å²) in [6, 6.07) is 5.32. The number of amides is 2. The first-order valence-corrected chi connectivity index (χ1v) is 8.96. The number of rotatable bonds is 7. The van der Waals surface area contributed by atoms with Gasteiger partial charge in [-0.1, -0.05) is 24.9 Å². The van der Waals surface area contributed by atoms with Gasteiger partial charge in [0.05, 0.1) is 17.5 Å². The topological polar surface area (TPSA) is 69.6 Å². The van der Waals surface area contributed by atoms with Gasteiger partial charge >= 0.3 is 0 Å². The molecule has 7 heteroatoms. The molecule has 2 rings (SSSR count). The monoisotopic (exact) mass is 356 g/mol. The van der Waals surface area contributed by atoms with E-state index in [0.717, 1.165) is 17.7 Å². The predicted molar refractivity (Wildman–Crippen MR) is 92.9 cm³/mol. The van der Waals surface area contributed by atoms with Crippen LogP contribution < -0.4 is 5.32 Å². The van der Waals surface area contributed by atoms with Crippen molar-refractivity contribution in [1.29, 1.82) is 0 Å². The Morgan fingerprint density at radius 2 is 2.22 bits per heavy atom. The van der Waals surface area contributed by atoms with Gasteiger partial charge in [0.2, 0.25) is 11.8 Å². The minimum Gasteiger partial charge on any atom is -0.395 e. The molecule has 23 heavy (non-hydrogen) atoms. The van der Waals surface area contributed by atoms with Gasteiger partial charge in [0.1, 0.15) is 0 Å². The summed E-state index contributed by atoms with van der Waals surface area (Å²) < 4.78 is 0. The number of benzene rings is 1. The molecule has 2 N–H and O–H groups in total. The van der Waals surface area contributed by atoms with Gasteiger partial charge in [0.25, 0.3) is 0 Å². The van der Waals surface area contributed by atoms with Crippen LogP contribution in [0.25, 0.3) is 0 Å². The summed E-state index contributed by atoms with van der Waals surface area (Å²) in [4.78, 5) is 27.2. The maximum absolute atomic E-state index is 12.4. The Balaban J connectivity index is 2.02. The molecule has 2 amide bonds. The largest absolute Gasteiger partial charge is 0.395 e. The van der Waals surface area contributed by atoms with E-state index in [2.05, 4.69) is 5.32 Å². The second-order valence-electron chi connectivity index (χ2n) is 5.40. The van der Waals surface area contributed by atoms with Gasteiger partial charge in [-0.2, -0.15) is 0 Å². The highest BCUT2D eigenvalue weighted by molar-refractivity contribution is 8.01. The zero-order valence-electron chi connectivity index (χ0n) is 13.0.